The van der Waals surface area contributed by atoms with Gasteiger partial charge in [0.25, 0.3) is 5.91 Å². The predicted octanol–water partition coefficient (Wildman–Crippen LogP) is 1.30. The van der Waals surface area contributed by atoms with E-state index in [-0.39, 0.29) is 17.7 Å². The Labute approximate surface area is 117 Å². The highest BCUT2D eigenvalue weighted by atomic mass is 16.5. The van der Waals surface area contributed by atoms with Crippen LogP contribution < -0.4 is 10.5 Å². The Morgan fingerprint density at radius 3 is 2.90 bits per heavy atom. The highest BCUT2D eigenvalue weighted by Gasteiger charge is 2.32. The molecule has 2 aliphatic heterocycles. The molecule has 1 atom stereocenters. The van der Waals surface area contributed by atoms with E-state index in [1.165, 1.54) is 20.2 Å². The van der Waals surface area contributed by atoms with Gasteiger partial charge in [-0.1, -0.05) is 0 Å². The highest BCUT2D eigenvalue weighted by Crippen LogP contribution is 2.36. The van der Waals surface area contributed by atoms with E-state index in [9.17, 15) is 9.90 Å². The van der Waals surface area contributed by atoms with E-state index in [4.69, 9.17) is 4.74 Å². The number of hydrogen-bond acceptors (Lipinski definition) is 5. The summed E-state index contributed by atoms with van der Waals surface area (Å²) < 4.78 is 5.04. The summed E-state index contributed by atoms with van der Waals surface area (Å²) in [5, 5.41) is 9.72. The van der Waals surface area contributed by atoms with Crippen molar-refractivity contribution in [2.24, 2.45) is 10.7 Å². The summed E-state index contributed by atoms with van der Waals surface area (Å²) in [6, 6.07) is 3.12. The lowest BCUT2D eigenvalue weighted by molar-refractivity contribution is 0.0774. The number of fused-ring (bicyclic) bond motifs is 2. The van der Waals surface area contributed by atoms with Gasteiger partial charge < -0.3 is 20.5 Å². The minimum Gasteiger partial charge on any atom is -0.504 e. The number of carbonyl (C=O) groups excluding carboxylic acids is 1. The van der Waals surface area contributed by atoms with Crippen LogP contribution in [-0.2, 0) is 0 Å². The number of nitrogens with zero attached hydrogens (tertiary/aromatic N) is 2. The number of nitrogens with two attached hydrogens (primary N) is 1. The molecular formula is C14H19N3O3. The molecule has 2 aliphatic rings. The molecule has 0 spiro atoms. The molecule has 0 saturated carbocycles. The maximum absolute atomic E-state index is 12.4. The van der Waals surface area contributed by atoms with Crippen molar-refractivity contribution in [3.05, 3.63) is 17.7 Å². The van der Waals surface area contributed by atoms with E-state index in [0.717, 1.165) is 19.4 Å². The van der Waals surface area contributed by atoms with Crippen LogP contribution in [-0.4, -0.2) is 48.9 Å². The second-order valence-electron chi connectivity index (χ2n) is 4.53. The number of aromatic hydroxyl groups is 1. The quantitative estimate of drug-likeness (QED) is 0.809. The predicted molar refractivity (Wildman–Crippen MR) is 77.0 cm³/mol. The number of phenolic OH excluding ortho intramolecular Hbond substituents is 1. The fourth-order valence-corrected chi connectivity index (χ4v) is 2.52. The van der Waals surface area contributed by atoms with E-state index < -0.39 is 0 Å². The average molecular weight is 277 g/mol. The van der Waals surface area contributed by atoms with Crippen LogP contribution in [0.5, 0.6) is 11.5 Å². The molecule has 108 valence electrons. The van der Waals surface area contributed by atoms with Crippen molar-refractivity contribution in [1.29, 1.82) is 0 Å². The third-order valence-electron chi connectivity index (χ3n) is 3.47. The van der Waals surface area contributed by atoms with Crippen molar-refractivity contribution in [2.75, 3.05) is 20.7 Å². The first kappa shape index (κ1) is 14.3. The monoisotopic (exact) mass is 277 g/mol. The van der Waals surface area contributed by atoms with Crippen molar-refractivity contribution in [1.82, 2.24) is 4.90 Å². The first-order chi connectivity index (χ1) is 9.70. The van der Waals surface area contributed by atoms with Gasteiger partial charge in [0.05, 0.1) is 24.4 Å². The molecule has 1 amide bonds. The van der Waals surface area contributed by atoms with Gasteiger partial charge >= 0.3 is 0 Å². The van der Waals surface area contributed by atoms with Crippen LogP contribution in [0.1, 0.15) is 23.2 Å². The summed E-state index contributed by atoms with van der Waals surface area (Å²) in [6.07, 6.45) is 3.75. The van der Waals surface area contributed by atoms with Crippen molar-refractivity contribution in [3.8, 4) is 11.5 Å². The fourth-order valence-electron chi connectivity index (χ4n) is 2.52. The minimum atomic E-state index is -0.0386. The fraction of sp³-hybridized carbons (Fsp3) is 0.429. The molecule has 1 fully saturated rings. The molecule has 0 radical (unpaired) electrons. The zero-order valence-electron chi connectivity index (χ0n) is 11.7. The summed E-state index contributed by atoms with van der Waals surface area (Å²) in [6.45, 7) is 0.762. The number of amides is 1. The molecule has 20 heavy (non-hydrogen) atoms. The molecule has 0 unspecified atom stereocenters. The standard InChI is InChI=1S/C13H14N2O3.CH5N/c1-18-12-5-9-10(6-11(12)16)14-7-8-3-2-4-15(8)13(9)17;1-2/h5-8,16H,2-4H2,1H3;2H2,1H3/t8-;/m0./s1. The average Bonchev–Trinajstić information content (AvgIpc) is 2.90. The Balaban J connectivity index is 0.000000704. The minimum absolute atomic E-state index is 0.00302. The Kier molecular flexibility index (Phi) is 4.24. The summed E-state index contributed by atoms with van der Waals surface area (Å²) in [4.78, 5) is 18.5. The molecular weight excluding hydrogens is 258 g/mol. The van der Waals surface area contributed by atoms with Crippen molar-refractivity contribution in [3.63, 3.8) is 0 Å². The topological polar surface area (TPSA) is 88.2 Å². The molecule has 6 heteroatoms. The number of aliphatic imine (C=N–C) groups is 1. The van der Waals surface area contributed by atoms with Gasteiger partial charge in [-0.3, -0.25) is 9.79 Å². The van der Waals surface area contributed by atoms with Gasteiger partial charge in [0.1, 0.15) is 0 Å². The van der Waals surface area contributed by atoms with E-state index in [1.807, 2.05) is 4.90 Å². The normalized spacial score (nSPS) is 19.6. The molecule has 0 aliphatic carbocycles. The van der Waals surface area contributed by atoms with Crippen molar-refractivity contribution < 1.29 is 14.6 Å². The molecule has 1 saturated heterocycles. The number of hydrogen-bond donors (Lipinski definition) is 2. The van der Waals surface area contributed by atoms with Gasteiger partial charge in [-0.25, -0.2) is 0 Å². The van der Waals surface area contributed by atoms with Gasteiger partial charge in [-0.2, -0.15) is 0 Å². The summed E-state index contributed by atoms with van der Waals surface area (Å²) in [5.74, 6) is 0.265. The zero-order valence-corrected chi connectivity index (χ0v) is 11.7. The van der Waals surface area contributed by atoms with Gasteiger partial charge in [-0.05, 0) is 26.0 Å². The molecule has 0 bridgehead atoms. The molecule has 3 rings (SSSR count). The van der Waals surface area contributed by atoms with Crippen LogP contribution in [0.15, 0.2) is 17.1 Å². The maximum Gasteiger partial charge on any atom is 0.256 e. The summed E-state index contributed by atoms with van der Waals surface area (Å²) in [7, 11) is 2.96. The Bertz CT molecular complexity index is 543. The highest BCUT2D eigenvalue weighted by molar-refractivity contribution is 6.03. The van der Waals surface area contributed by atoms with Crippen LogP contribution in [0.4, 0.5) is 5.69 Å². The van der Waals surface area contributed by atoms with Gasteiger partial charge in [0.15, 0.2) is 11.5 Å². The number of carbonyl (C=O) groups is 1. The molecule has 3 N–H and O–H groups in total. The number of methoxy groups -OCH3 is 1. The molecule has 0 aromatic heterocycles. The zero-order chi connectivity index (χ0) is 14.7. The number of benzene rings is 1. The van der Waals surface area contributed by atoms with E-state index in [0.29, 0.717) is 17.0 Å². The number of phenols is 1. The molecule has 6 nitrogen and oxygen atoms in total. The third-order valence-corrected chi connectivity index (χ3v) is 3.47. The largest absolute Gasteiger partial charge is 0.504 e. The molecule has 1 aromatic rings. The maximum atomic E-state index is 12.4. The smallest absolute Gasteiger partial charge is 0.256 e. The Morgan fingerprint density at radius 2 is 2.20 bits per heavy atom. The lowest BCUT2D eigenvalue weighted by Gasteiger charge is -2.20. The van der Waals surface area contributed by atoms with E-state index in [2.05, 4.69) is 10.7 Å². The summed E-state index contributed by atoms with van der Waals surface area (Å²) in [5.41, 5.74) is 5.50. The van der Waals surface area contributed by atoms with Crippen LogP contribution in [0.25, 0.3) is 0 Å². The Morgan fingerprint density at radius 1 is 1.45 bits per heavy atom. The SMILES string of the molecule is CN.COc1cc2c(cc1O)N=C[C@@H]1CCCN1C2=O. The van der Waals surface area contributed by atoms with E-state index in [1.54, 1.807) is 12.3 Å². The lowest BCUT2D eigenvalue weighted by Crippen LogP contribution is -2.35. The summed E-state index contributed by atoms with van der Waals surface area (Å²) >= 11 is 0. The van der Waals surface area contributed by atoms with Crippen molar-refractivity contribution >= 4 is 17.8 Å². The number of rotatable bonds is 1. The Hall–Kier alpha value is -2.08. The first-order valence-corrected chi connectivity index (χ1v) is 6.54. The second-order valence-corrected chi connectivity index (χ2v) is 4.53. The van der Waals surface area contributed by atoms with Gasteiger partial charge in [0, 0.05) is 18.8 Å². The third kappa shape index (κ3) is 2.34. The van der Waals surface area contributed by atoms with Crippen LogP contribution in [0, 0.1) is 0 Å². The van der Waals surface area contributed by atoms with Crippen molar-refractivity contribution in [2.45, 2.75) is 18.9 Å². The van der Waals surface area contributed by atoms with Gasteiger partial charge in [0.2, 0.25) is 0 Å². The number of ether oxygens (including phenoxy) is 1. The van der Waals surface area contributed by atoms with E-state index >= 15 is 0 Å². The first-order valence-electron chi connectivity index (χ1n) is 6.54. The van der Waals surface area contributed by atoms with Crippen LogP contribution >= 0.6 is 0 Å². The second kappa shape index (κ2) is 5.92. The molecule has 2 heterocycles. The molecule has 1 aromatic carbocycles. The van der Waals surface area contributed by atoms with Crippen LogP contribution in [0.2, 0.25) is 0 Å². The van der Waals surface area contributed by atoms with Crippen LogP contribution in [0.3, 0.4) is 0 Å². The van der Waals surface area contributed by atoms with Gasteiger partial charge in [-0.15, -0.1) is 0 Å². The lowest BCUT2D eigenvalue weighted by atomic mass is 10.1.